The van der Waals surface area contributed by atoms with Crippen LogP contribution in [0.4, 0.5) is 0 Å². The lowest BCUT2D eigenvalue weighted by molar-refractivity contribution is -0.0863. The molecule has 1 rings (SSSR count). The predicted octanol–water partition coefficient (Wildman–Crippen LogP) is -1.18. The Bertz CT molecular complexity index is 131. The zero-order valence-electron chi connectivity index (χ0n) is 6.10. The number of halogens is 1. The van der Waals surface area contributed by atoms with Crippen molar-refractivity contribution in [3.63, 3.8) is 0 Å². The molecule has 3 unspecified atom stereocenters. The van der Waals surface area contributed by atoms with Gasteiger partial charge < -0.3 is 21.1 Å². The van der Waals surface area contributed by atoms with Crippen LogP contribution in [-0.4, -0.2) is 33.8 Å². The fraction of sp³-hybridized carbons (Fsp3) is 1.00. The van der Waals surface area contributed by atoms with E-state index in [0.717, 1.165) is 0 Å². The Morgan fingerprint density at radius 3 is 2.18 bits per heavy atom. The molecule has 5 N–H and O–H groups in total. The maximum Gasteiger partial charge on any atom is 0.144 e. The number of hydrogen-bond acceptors (Lipinski definition) is 4. The first-order valence-electron chi connectivity index (χ1n) is 3.39. The first-order chi connectivity index (χ1) is 4.59. The van der Waals surface area contributed by atoms with Gasteiger partial charge in [-0.2, -0.15) is 0 Å². The van der Waals surface area contributed by atoms with Crippen molar-refractivity contribution >= 4 is 12.4 Å². The second-order valence-corrected chi connectivity index (χ2v) is 2.86. The highest BCUT2D eigenvalue weighted by molar-refractivity contribution is 5.85. The number of aliphatic hydroxyl groups is 3. The van der Waals surface area contributed by atoms with E-state index in [-0.39, 0.29) is 24.9 Å². The van der Waals surface area contributed by atoms with Crippen LogP contribution in [0.2, 0.25) is 0 Å². The van der Waals surface area contributed by atoms with Crippen molar-refractivity contribution in [1.82, 2.24) is 0 Å². The molecule has 0 bridgehead atoms. The van der Waals surface area contributed by atoms with Gasteiger partial charge in [-0.25, -0.2) is 0 Å². The topological polar surface area (TPSA) is 86.7 Å². The van der Waals surface area contributed by atoms with Crippen molar-refractivity contribution in [2.75, 3.05) is 6.61 Å². The summed E-state index contributed by atoms with van der Waals surface area (Å²) >= 11 is 0. The summed E-state index contributed by atoms with van der Waals surface area (Å²) in [4.78, 5) is 0. The van der Waals surface area contributed by atoms with Gasteiger partial charge in [0.1, 0.15) is 5.72 Å². The van der Waals surface area contributed by atoms with E-state index in [4.69, 9.17) is 15.9 Å². The van der Waals surface area contributed by atoms with Gasteiger partial charge in [0.05, 0.1) is 12.7 Å². The van der Waals surface area contributed by atoms with E-state index >= 15 is 0 Å². The van der Waals surface area contributed by atoms with Gasteiger partial charge in [0, 0.05) is 5.92 Å². The van der Waals surface area contributed by atoms with Gasteiger partial charge in [0.15, 0.2) is 0 Å². The molecule has 11 heavy (non-hydrogen) atoms. The minimum atomic E-state index is -1.57. The van der Waals surface area contributed by atoms with E-state index in [1.807, 2.05) is 0 Å². The summed E-state index contributed by atoms with van der Waals surface area (Å²) in [6.07, 6.45) is 0.174. The van der Waals surface area contributed by atoms with E-state index in [0.29, 0.717) is 12.8 Å². The second kappa shape index (κ2) is 3.69. The van der Waals surface area contributed by atoms with Gasteiger partial charge in [-0.05, 0) is 12.8 Å². The monoisotopic (exact) mass is 183 g/mol. The lowest BCUT2D eigenvalue weighted by Gasteiger charge is -2.26. The molecule has 0 aromatic rings. The number of rotatable bonds is 1. The normalized spacial score (nSPS) is 43.6. The third-order valence-corrected chi connectivity index (χ3v) is 2.20. The fourth-order valence-corrected chi connectivity index (χ4v) is 1.33. The van der Waals surface area contributed by atoms with Crippen LogP contribution in [0.25, 0.3) is 0 Å². The molecule has 0 aliphatic heterocycles. The Morgan fingerprint density at radius 2 is 2.00 bits per heavy atom. The van der Waals surface area contributed by atoms with Gasteiger partial charge in [0.2, 0.25) is 0 Å². The number of aliphatic hydroxyl groups excluding tert-OH is 2. The maximum absolute atomic E-state index is 9.29. The molecule has 0 heterocycles. The minimum absolute atomic E-state index is 0. The SMILES string of the molecule is Cl.NC1(O)C(O)CCC1CO. The Kier molecular flexibility index (Phi) is 3.73. The average Bonchev–Trinajstić information content (AvgIpc) is 2.10. The Balaban J connectivity index is 0.000001000. The summed E-state index contributed by atoms with van der Waals surface area (Å²) in [7, 11) is 0. The highest BCUT2D eigenvalue weighted by Gasteiger charge is 2.44. The van der Waals surface area contributed by atoms with Gasteiger partial charge in [-0.1, -0.05) is 0 Å². The fourth-order valence-electron chi connectivity index (χ4n) is 1.33. The highest BCUT2D eigenvalue weighted by Crippen LogP contribution is 2.31. The smallest absolute Gasteiger partial charge is 0.144 e. The lowest BCUT2D eigenvalue weighted by atomic mass is 10.0. The molecule has 0 radical (unpaired) electrons. The highest BCUT2D eigenvalue weighted by atomic mass is 35.5. The third kappa shape index (κ3) is 1.83. The third-order valence-electron chi connectivity index (χ3n) is 2.20. The lowest BCUT2D eigenvalue weighted by Crippen LogP contribution is -2.52. The molecular formula is C6H14ClNO3. The summed E-state index contributed by atoms with van der Waals surface area (Å²) < 4.78 is 0. The van der Waals surface area contributed by atoms with Crippen LogP contribution in [0, 0.1) is 5.92 Å². The molecule has 0 spiro atoms. The Morgan fingerprint density at radius 1 is 1.45 bits per heavy atom. The molecule has 3 atom stereocenters. The van der Waals surface area contributed by atoms with Crippen molar-refractivity contribution < 1.29 is 15.3 Å². The van der Waals surface area contributed by atoms with Crippen molar-refractivity contribution in [3.05, 3.63) is 0 Å². The van der Waals surface area contributed by atoms with Crippen LogP contribution in [-0.2, 0) is 0 Å². The molecule has 0 aromatic heterocycles. The van der Waals surface area contributed by atoms with Crippen molar-refractivity contribution in [1.29, 1.82) is 0 Å². The summed E-state index contributed by atoms with van der Waals surface area (Å²) in [5.41, 5.74) is 3.75. The van der Waals surface area contributed by atoms with E-state index in [2.05, 4.69) is 0 Å². The molecule has 68 valence electrons. The van der Waals surface area contributed by atoms with Crippen molar-refractivity contribution in [3.8, 4) is 0 Å². The van der Waals surface area contributed by atoms with Gasteiger partial charge in [0.25, 0.3) is 0 Å². The molecule has 0 saturated heterocycles. The van der Waals surface area contributed by atoms with Gasteiger partial charge in [-0.15, -0.1) is 12.4 Å². The largest absolute Gasteiger partial charge is 0.396 e. The predicted molar refractivity (Wildman–Crippen MR) is 42.2 cm³/mol. The van der Waals surface area contributed by atoms with E-state index in [9.17, 15) is 5.11 Å². The molecule has 1 fully saturated rings. The zero-order valence-corrected chi connectivity index (χ0v) is 6.92. The second-order valence-electron chi connectivity index (χ2n) is 2.86. The van der Waals surface area contributed by atoms with E-state index < -0.39 is 11.8 Å². The molecule has 4 nitrogen and oxygen atoms in total. The quantitative estimate of drug-likeness (QED) is 0.386. The molecule has 1 aliphatic carbocycles. The Hall–Kier alpha value is 0.130. The summed E-state index contributed by atoms with van der Waals surface area (Å²) in [6, 6.07) is 0. The van der Waals surface area contributed by atoms with Crippen LogP contribution < -0.4 is 5.73 Å². The summed E-state index contributed by atoms with van der Waals surface area (Å²) in [6.45, 7) is -0.163. The molecule has 1 aliphatic rings. The van der Waals surface area contributed by atoms with E-state index in [1.54, 1.807) is 0 Å². The van der Waals surface area contributed by atoms with E-state index in [1.165, 1.54) is 0 Å². The summed E-state index contributed by atoms with van der Waals surface area (Å²) in [5.74, 6) is -0.373. The first kappa shape index (κ1) is 11.1. The molecule has 1 saturated carbocycles. The molecule has 0 aromatic carbocycles. The van der Waals surface area contributed by atoms with Gasteiger partial charge in [-0.3, -0.25) is 0 Å². The maximum atomic E-state index is 9.29. The van der Waals surface area contributed by atoms with Crippen LogP contribution in [0.1, 0.15) is 12.8 Å². The number of hydrogen-bond donors (Lipinski definition) is 4. The number of nitrogens with two attached hydrogens (primary N) is 1. The summed E-state index contributed by atoms with van der Waals surface area (Å²) in [5, 5.41) is 27.0. The minimum Gasteiger partial charge on any atom is -0.396 e. The van der Waals surface area contributed by atoms with Crippen LogP contribution in [0.15, 0.2) is 0 Å². The van der Waals surface area contributed by atoms with Crippen LogP contribution >= 0.6 is 12.4 Å². The first-order valence-corrected chi connectivity index (χ1v) is 3.39. The van der Waals surface area contributed by atoms with Gasteiger partial charge >= 0.3 is 0 Å². The molecular weight excluding hydrogens is 170 g/mol. The van der Waals surface area contributed by atoms with Crippen LogP contribution in [0.3, 0.4) is 0 Å². The molecule has 5 heteroatoms. The van der Waals surface area contributed by atoms with Crippen molar-refractivity contribution in [2.45, 2.75) is 24.7 Å². The zero-order chi connectivity index (χ0) is 7.78. The standard InChI is InChI=1S/C6H13NO3.ClH/c7-6(10)4(3-8)1-2-5(6)9;/h4-5,8-10H,1-3,7H2;1H. The van der Waals surface area contributed by atoms with Crippen LogP contribution in [0.5, 0.6) is 0 Å². The average molecular weight is 184 g/mol. The Labute approximate surface area is 71.4 Å². The van der Waals surface area contributed by atoms with Crippen molar-refractivity contribution in [2.24, 2.45) is 11.7 Å². The molecule has 0 amide bonds.